The van der Waals surface area contributed by atoms with Gasteiger partial charge in [0, 0.05) is 25.8 Å². The summed E-state index contributed by atoms with van der Waals surface area (Å²) in [7, 11) is 0. The largest absolute Gasteiger partial charge is 0.490 e. The van der Waals surface area contributed by atoms with E-state index in [0.717, 1.165) is 55.4 Å². The van der Waals surface area contributed by atoms with Gasteiger partial charge in [-0.25, -0.2) is 0 Å². The van der Waals surface area contributed by atoms with E-state index in [1.54, 1.807) is 0 Å². The molecule has 0 aliphatic carbocycles. The van der Waals surface area contributed by atoms with E-state index in [0.29, 0.717) is 13.2 Å². The van der Waals surface area contributed by atoms with Gasteiger partial charge >= 0.3 is 0 Å². The van der Waals surface area contributed by atoms with Crippen LogP contribution in [-0.4, -0.2) is 42.7 Å². The van der Waals surface area contributed by atoms with E-state index in [1.165, 1.54) is 5.56 Å². The Kier molecular flexibility index (Phi) is 7.53. The summed E-state index contributed by atoms with van der Waals surface area (Å²) in [6.07, 6.45) is 3.00. The maximum atomic E-state index is 6.12. The average Bonchev–Trinajstić information content (AvgIpc) is 3.10. The van der Waals surface area contributed by atoms with E-state index < -0.39 is 0 Å². The summed E-state index contributed by atoms with van der Waals surface area (Å²) in [6.45, 7) is 7.17. The molecule has 1 aliphatic heterocycles. The fourth-order valence-corrected chi connectivity index (χ4v) is 4.05. The predicted octanol–water partition coefficient (Wildman–Crippen LogP) is 4.44. The lowest BCUT2D eigenvalue weighted by Crippen LogP contribution is -2.33. The lowest BCUT2D eigenvalue weighted by molar-refractivity contribution is 0.235. The number of rotatable bonds is 8. The lowest BCUT2D eigenvalue weighted by atomic mass is 10.00. The van der Waals surface area contributed by atoms with Crippen molar-refractivity contribution in [2.45, 2.75) is 26.0 Å². The minimum Gasteiger partial charge on any atom is -0.490 e. The number of pyridine rings is 1. The molecule has 1 fully saturated rings. The van der Waals surface area contributed by atoms with Crippen LogP contribution < -0.4 is 14.8 Å². The second-order valence-corrected chi connectivity index (χ2v) is 7.71. The highest BCUT2D eigenvalue weighted by molar-refractivity contribution is 5.45. The predicted molar refractivity (Wildman–Crippen MR) is 124 cm³/mol. The van der Waals surface area contributed by atoms with Gasteiger partial charge < -0.3 is 14.8 Å². The summed E-state index contributed by atoms with van der Waals surface area (Å²) >= 11 is 0. The average molecular weight is 418 g/mol. The smallest absolute Gasteiger partial charge is 0.161 e. The van der Waals surface area contributed by atoms with Gasteiger partial charge in [0.05, 0.1) is 18.3 Å². The minimum atomic E-state index is 0.0866. The number of nitrogens with one attached hydrogen (secondary N) is 1. The highest BCUT2D eigenvalue weighted by atomic mass is 16.5. The van der Waals surface area contributed by atoms with Crippen LogP contribution in [0.4, 0.5) is 0 Å². The van der Waals surface area contributed by atoms with E-state index in [1.807, 2.05) is 43.5 Å². The molecule has 5 nitrogen and oxygen atoms in total. The molecule has 0 bridgehead atoms. The van der Waals surface area contributed by atoms with Crippen LogP contribution in [0.25, 0.3) is 0 Å². The molecule has 1 aromatic heterocycles. The molecule has 0 saturated carbocycles. The summed E-state index contributed by atoms with van der Waals surface area (Å²) in [5, 5.41) is 3.50. The Bertz CT molecular complexity index is 926. The van der Waals surface area contributed by atoms with Crippen molar-refractivity contribution in [3.8, 4) is 11.5 Å². The number of hydrogen-bond donors (Lipinski definition) is 1. The van der Waals surface area contributed by atoms with Gasteiger partial charge in [0.1, 0.15) is 6.61 Å². The van der Waals surface area contributed by atoms with Crippen LogP contribution in [0.1, 0.15) is 36.2 Å². The Morgan fingerprint density at radius 3 is 2.61 bits per heavy atom. The van der Waals surface area contributed by atoms with Gasteiger partial charge in [-0.05, 0) is 55.3 Å². The van der Waals surface area contributed by atoms with Crippen molar-refractivity contribution in [3.63, 3.8) is 0 Å². The molecule has 1 unspecified atom stereocenters. The Morgan fingerprint density at radius 1 is 0.935 bits per heavy atom. The Hall–Kier alpha value is -2.89. The first kappa shape index (κ1) is 21.3. The summed E-state index contributed by atoms with van der Waals surface area (Å²) in [4.78, 5) is 7.21. The number of ether oxygens (including phenoxy) is 2. The zero-order chi connectivity index (χ0) is 21.3. The summed E-state index contributed by atoms with van der Waals surface area (Å²) in [5.74, 6) is 1.55. The van der Waals surface area contributed by atoms with Crippen LogP contribution in [0, 0.1) is 0 Å². The number of hydrogen-bond acceptors (Lipinski definition) is 5. The molecule has 31 heavy (non-hydrogen) atoms. The molecule has 1 aliphatic rings. The van der Waals surface area contributed by atoms with Crippen LogP contribution >= 0.6 is 0 Å². The summed E-state index contributed by atoms with van der Waals surface area (Å²) in [6, 6.07) is 22.8. The number of benzene rings is 2. The molecular formula is C26H31N3O2. The van der Waals surface area contributed by atoms with Gasteiger partial charge in [0.2, 0.25) is 0 Å². The third-order valence-electron chi connectivity index (χ3n) is 5.53. The van der Waals surface area contributed by atoms with Crippen LogP contribution in [0.5, 0.6) is 11.5 Å². The zero-order valence-electron chi connectivity index (χ0n) is 18.2. The van der Waals surface area contributed by atoms with Crippen LogP contribution in [0.3, 0.4) is 0 Å². The number of aromatic nitrogens is 1. The summed E-state index contributed by atoms with van der Waals surface area (Å²) in [5.41, 5.74) is 3.37. The highest BCUT2D eigenvalue weighted by Gasteiger charge is 2.25. The fourth-order valence-electron chi connectivity index (χ4n) is 4.05. The topological polar surface area (TPSA) is 46.6 Å². The molecule has 0 amide bonds. The van der Waals surface area contributed by atoms with Crippen LogP contribution in [0.2, 0.25) is 0 Å². The van der Waals surface area contributed by atoms with Gasteiger partial charge in [-0.3, -0.25) is 9.88 Å². The van der Waals surface area contributed by atoms with Gasteiger partial charge in [-0.1, -0.05) is 42.5 Å². The fraction of sp³-hybridized carbons (Fsp3) is 0.346. The molecule has 4 rings (SSSR count). The quantitative estimate of drug-likeness (QED) is 0.587. The van der Waals surface area contributed by atoms with Crippen molar-refractivity contribution in [3.05, 3.63) is 89.7 Å². The molecule has 1 N–H and O–H groups in total. The van der Waals surface area contributed by atoms with Crippen molar-refractivity contribution in [2.24, 2.45) is 0 Å². The van der Waals surface area contributed by atoms with Gasteiger partial charge in [-0.15, -0.1) is 0 Å². The molecule has 2 heterocycles. The van der Waals surface area contributed by atoms with Gasteiger partial charge in [0.25, 0.3) is 0 Å². The third-order valence-corrected chi connectivity index (χ3v) is 5.53. The normalized spacial score (nSPS) is 15.8. The molecular weight excluding hydrogens is 386 g/mol. The van der Waals surface area contributed by atoms with Crippen molar-refractivity contribution in [1.29, 1.82) is 0 Å². The molecule has 5 heteroatoms. The van der Waals surface area contributed by atoms with E-state index in [2.05, 4.69) is 46.6 Å². The SMILES string of the molecule is CCOc1cc(C(c2ccccn2)N2CCCNCC2)ccc1OCc1ccccc1. The standard InChI is InChI=1S/C26H31N3O2/c1-2-30-25-19-22(12-13-24(25)31-20-21-9-4-3-5-10-21)26(23-11-6-7-15-28-23)29-17-8-14-27-16-18-29/h3-7,9-13,15,19,26-27H,2,8,14,16-18,20H2,1H3. The third kappa shape index (κ3) is 5.63. The highest BCUT2D eigenvalue weighted by Crippen LogP contribution is 2.35. The monoisotopic (exact) mass is 417 g/mol. The molecule has 0 radical (unpaired) electrons. The Labute approximate surface area is 185 Å². The minimum absolute atomic E-state index is 0.0866. The Morgan fingerprint density at radius 2 is 1.81 bits per heavy atom. The van der Waals surface area contributed by atoms with E-state index in [9.17, 15) is 0 Å². The Balaban J connectivity index is 1.63. The number of nitrogens with zero attached hydrogens (tertiary/aromatic N) is 2. The zero-order valence-corrected chi connectivity index (χ0v) is 18.2. The van der Waals surface area contributed by atoms with Gasteiger partial charge in [-0.2, -0.15) is 0 Å². The molecule has 1 saturated heterocycles. The van der Waals surface area contributed by atoms with Crippen LogP contribution in [-0.2, 0) is 6.61 Å². The molecule has 1 atom stereocenters. The second kappa shape index (κ2) is 10.9. The van der Waals surface area contributed by atoms with E-state index >= 15 is 0 Å². The van der Waals surface area contributed by atoms with Crippen LogP contribution in [0.15, 0.2) is 72.9 Å². The second-order valence-electron chi connectivity index (χ2n) is 7.71. The van der Waals surface area contributed by atoms with Crippen molar-refractivity contribution in [1.82, 2.24) is 15.2 Å². The van der Waals surface area contributed by atoms with Crippen molar-refractivity contribution < 1.29 is 9.47 Å². The van der Waals surface area contributed by atoms with E-state index in [4.69, 9.17) is 14.5 Å². The molecule has 3 aromatic rings. The van der Waals surface area contributed by atoms with E-state index in [-0.39, 0.29) is 6.04 Å². The first-order chi connectivity index (χ1) is 15.3. The molecule has 162 valence electrons. The first-order valence-corrected chi connectivity index (χ1v) is 11.1. The maximum Gasteiger partial charge on any atom is 0.161 e. The van der Waals surface area contributed by atoms with Crippen molar-refractivity contribution >= 4 is 0 Å². The van der Waals surface area contributed by atoms with Crippen molar-refractivity contribution in [2.75, 3.05) is 32.8 Å². The molecule has 0 spiro atoms. The van der Waals surface area contributed by atoms with Gasteiger partial charge in [0.15, 0.2) is 11.5 Å². The lowest BCUT2D eigenvalue weighted by Gasteiger charge is -2.31. The summed E-state index contributed by atoms with van der Waals surface area (Å²) < 4.78 is 12.1. The first-order valence-electron chi connectivity index (χ1n) is 11.1. The molecule has 2 aromatic carbocycles. The maximum absolute atomic E-state index is 6.12.